The van der Waals surface area contributed by atoms with Crippen molar-refractivity contribution in [1.82, 2.24) is 10.2 Å². The summed E-state index contributed by atoms with van der Waals surface area (Å²) in [5.74, 6) is 0.799. The van der Waals surface area contributed by atoms with E-state index in [9.17, 15) is 0 Å². The summed E-state index contributed by atoms with van der Waals surface area (Å²) in [6.07, 6.45) is 3.35. The molecule has 3 nitrogen and oxygen atoms in total. The average molecular weight is 219 g/mol. The van der Waals surface area contributed by atoms with Gasteiger partial charge in [0.25, 0.3) is 0 Å². The van der Waals surface area contributed by atoms with Gasteiger partial charge in [-0.05, 0) is 24.3 Å². The molecule has 15 heavy (non-hydrogen) atoms. The van der Waals surface area contributed by atoms with Gasteiger partial charge in [0.05, 0.1) is 23.0 Å². The maximum absolute atomic E-state index is 6.12. The maximum atomic E-state index is 6.12. The van der Waals surface area contributed by atoms with E-state index in [0.717, 1.165) is 22.2 Å². The third-order valence-corrected chi connectivity index (χ3v) is 2.63. The van der Waals surface area contributed by atoms with Crippen LogP contribution in [0.2, 0.25) is 5.02 Å². The van der Waals surface area contributed by atoms with Crippen LogP contribution in [0.4, 0.5) is 0 Å². The standard InChI is InChI=1S/C11H7ClN2O/c12-9-4-7(11-2-1-3-15-11)5-10-8(9)6-13-14-10/h1-6H,(H,13,14). The molecule has 1 aromatic carbocycles. The molecule has 2 heterocycles. The first-order valence-electron chi connectivity index (χ1n) is 4.51. The Bertz CT molecular complexity index is 598. The maximum Gasteiger partial charge on any atom is 0.133 e. The first-order chi connectivity index (χ1) is 7.34. The van der Waals surface area contributed by atoms with E-state index in [-0.39, 0.29) is 0 Å². The zero-order chi connectivity index (χ0) is 10.3. The van der Waals surface area contributed by atoms with Crippen LogP contribution >= 0.6 is 11.6 Å². The lowest BCUT2D eigenvalue weighted by molar-refractivity contribution is 0.582. The number of aromatic amines is 1. The number of benzene rings is 1. The second kappa shape index (κ2) is 3.14. The third kappa shape index (κ3) is 1.32. The van der Waals surface area contributed by atoms with Gasteiger partial charge in [-0.25, -0.2) is 0 Å². The Labute approximate surface area is 90.7 Å². The zero-order valence-corrected chi connectivity index (χ0v) is 8.45. The molecule has 0 saturated carbocycles. The molecule has 4 heteroatoms. The zero-order valence-electron chi connectivity index (χ0n) is 7.70. The van der Waals surface area contributed by atoms with Gasteiger partial charge in [0, 0.05) is 10.9 Å². The fourth-order valence-corrected chi connectivity index (χ4v) is 1.86. The van der Waals surface area contributed by atoms with Crippen molar-refractivity contribution in [1.29, 1.82) is 0 Å². The second-order valence-electron chi connectivity index (χ2n) is 3.27. The minimum absolute atomic E-state index is 0.674. The summed E-state index contributed by atoms with van der Waals surface area (Å²) >= 11 is 6.12. The highest BCUT2D eigenvalue weighted by atomic mass is 35.5. The van der Waals surface area contributed by atoms with Crippen molar-refractivity contribution in [2.75, 3.05) is 0 Å². The smallest absolute Gasteiger partial charge is 0.133 e. The van der Waals surface area contributed by atoms with E-state index in [0.29, 0.717) is 5.02 Å². The molecule has 1 N–H and O–H groups in total. The molecule has 0 fully saturated rings. The summed E-state index contributed by atoms with van der Waals surface area (Å²) in [6, 6.07) is 7.58. The van der Waals surface area contributed by atoms with Crippen LogP contribution in [0.25, 0.3) is 22.2 Å². The molecule has 0 aliphatic rings. The number of aromatic nitrogens is 2. The largest absolute Gasteiger partial charge is 0.464 e. The number of nitrogens with zero attached hydrogens (tertiary/aromatic N) is 1. The normalized spacial score (nSPS) is 11.0. The number of rotatable bonds is 1. The summed E-state index contributed by atoms with van der Waals surface area (Å²) in [6.45, 7) is 0. The topological polar surface area (TPSA) is 41.8 Å². The van der Waals surface area contributed by atoms with Crippen LogP contribution in [0, 0.1) is 0 Å². The van der Waals surface area contributed by atoms with Crippen molar-refractivity contribution in [3.8, 4) is 11.3 Å². The Kier molecular flexibility index (Phi) is 1.79. The number of nitrogens with one attached hydrogen (secondary N) is 1. The molecule has 0 amide bonds. The molecule has 0 atom stereocenters. The first-order valence-corrected chi connectivity index (χ1v) is 4.89. The average Bonchev–Trinajstić information content (AvgIpc) is 2.88. The van der Waals surface area contributed by atoms with Crippen LogP contribution in [-0.2, 0) is 0 Å². The number of hydrogen-bond donors (Lipinski definition) is 1. The van der Waals surface area contributed by atoms with E-state index >= 15 is 0 Å². The third-order valence-electron chi connectivity index (χ3n) is 2.31. The fourth-order valence-electron chi connectivity index (χ4n) is 1.59. The molecule has 3 rings (SSSR count). The molecule has 0 saturated heterocycles. The SMILES string of the molecule is Clc1cc(-c2ccco2)cc2[nH]ncc12. The quantitative estimate of drug-likeness (QED) is 0.680. The Morgan fingerprint density at radius 1 is 1.33 bits per heavy atom. The van der Waals surface area contributed by atoms with Crippen molar-refractivity contribution in [3.05, 3.63) is 41.7 Å². The number of furan rings is 1. The van der Waals surface area contributed by atoms with Crippen LogP contribution < -0.4 is 0 Å². The van der Waals surface area contributed by atoms with E-state index in [1.807, 2.05) is 24.3 Å². The van der Waals surface area contributed by atoms with E-state index in [4.69, 9.17) is 16.0 Å². The van der Waals surface area contributed by atoms with Crippen molar-refractivity contribution >= 4 is 22.5 Å². The van der Waals surface area contributed by atoms with Gasteiger partial charge in [-0.2, -0.15) is 5.10 Å². The Morgan fingerprint density at radius 3 is 3.07 bits per heavy atom. The van der Waals surface area contributed by atoms with Crippen LogP contribution in [0.3, 0.4) is 0 Å². The van der Waals surface area contributed by atoms with Crippen LogP contribution in [-0.4, -0.2) is 10.2 Å². The lowest BCUT2D eigenvalue weighted by Crippen LogP contribution is -1.76. The predicted octanol–water partition coefficient (Wildman–Crippen LogP) is 3.48. The van der Waals surface area contributed by atoms with Gasteiger partial charge in [-0.1, -0.05) is 11.6 Å². The molecule has 0 aliphatic carbocycles. The summed E-state index contributed by atoms with van der Waals surface area (Å²) in [4.78, 5) is 0. The number of fused-ring (bicyclic) bond motifs is 1. The highest BCUT2D eigenvalue weighted by Crippen LogP contribution is 2.29. The number of halogens is 1. The number of hydrogen-bond acceptors (Lipinski definition) is 2. The van der Waals surface area contributed by atoms with Crippen molar-refractivity contribution in [2.24, 2.45) is 0 Å². The first kappa shape index (κ1) is 8.56. The van der Waals surface area contributed by atoms with Gasteiger partial charge in [0.15, 0.2) is 0 Å². The molecule has 0 unspecified atom stereocenters. The molecule has 3 aromatic rings. The molecular formula is C11H7ClN2O. The van der Waals surface area contributed by atoms with E-state index in [1.54, 1.807) is 12.5 Å². The number of H-pyrrole nitrogens is 1. The molecule has 0 radical (unpaired) electrons. The van der Waals surface area contributed by atoms with E-state index in [1.165, 1.54) is 0 Å². The van der Waals surface area contributed by atoms with Gasteiger partial charge < -0.3 is 4.42 Å². The fraction of sp³-hybridized carbons (Fsp3) is 0. The monoisotopic (exact) mass is 218 g/mol. The summed E-state index contributed by atoms with van der Waals surface area (Å²) in [5.41, 5.74) is 1.86. The summed E-state index contributed by atoms with van der Waals surface area (Å²) in [7, 11) is 0. The van der Waals surface area contributed by atoms with E-state index in [2.05, 4.69) is 10.2 Å². The van der Waals surface area contributed by atoms with Gasteiger partial charge in [0.1, 0.15) is 5.76 Å². The predicted molar refractivity (Wildman–Crippen MR) is 58.8 cm³/mol. The van der Waals surface area contributed by atoms with Crippen molar-refractivity contribution < 1.29 is 4.42 Å². The molecule has 0 aliphatic heterocycles. The molecule has 0 bridgehead atoms. The van der Waals surface area contributed by atoms with Gasteiger partial charge in [-0.15, -0.1) is 0 Å². The Morgan fingerprint density at radius 2 is 2.27 bits per heavy atom. The van der Waals surface area contributed by atoms with Gasteiger partial charge in [-0.3, -0.25) is 5.10 Å². The lowest BCUT2D eigenvalue weighted by atomic mass is 10.1. The summed E-state index contributed by atoms with van der Waals surface area (Å²) in [5, 5.41) is 8.43. The van der Waals surface area contributed by atoms with E-state index < -0.39 is 0 Å². The lowest BCUT2D eigenvalue weighted by Gasteiger charge is -1.99. The molecule has 74 valence electrons. The van der Waals surface area contributed by atoms with Crippen molar-refractivity contribution in [2.45, 2.75) is 0 Å². The van der Waals surface area contributed by atoms with Gasteiger partial charge >= 0.3 is 0 Å². The molecule has 2 aromatic heterocycles. The molecular weight excluding hydrogens is 212 g/mol. The molecule has 0 spiro atoms. The van der Waals surface area contributed by atoms with Crippen molar-refractivity contribution in [3.63, 3.8) is 0 Å². The summed E-state index contributed by atoms with van der Waals surface area (Å²) < 4.78 is 5.31. The highest BCUT2D eigenvalue weighted by Gasteiger charge is 2.07. The Balaban J connectivity index is 2.29. The second-order valence-corrected chi connectivity index (χ2v) is 3.67. The minimum atomic E-state index is 0.674. The minimum Gasteiger partial charge on any atom is -0.464 e. The Hall–Kier alpha value is -1.74. The van der Waals surface area contributed by atoms with Crippen LogP contribution in [0.1, 0.15) is 0 Å². The van der Waals surface area contributed by atoms with Gasteiger partial charge in [0.2, 0.25) is 0 Å². The highest BCUT2D eigenvalue weighted by molar-refractivity contribution is 6.35. The van der Waals surface area contributed by atoms with Crippen LogP contribution in [0.15, 0.2) is 41.1 Å². The van der Waals surface area contributed by atoms with Crippen LogP contribution in [0.5, 0.6) is 0 Å².